The fourth-order valence-corrected chi connectivity index (χ4v) is 3.42. The molecule has 0 aromatic heterocycles. The molecule has 1 unspecified atom stereocenters. The Balaban J connectivity index is 2.11. The van der Waals surface area contributed by atoms with Crippen LogP contribution in [0.3, 0.4) is 0 Å². The molecular weight excluding hydrogens is 208 g/mol. The summed E-state index contributed by atoms with van der Waals surface area (Å²) < 4.78 is 0. The molecule has 0 bridgehead atoms. The molecule has 0 aliphatic heterocycles. The lowest BCUT2D eigenvalue weighted by molar-refractivity contribution is -0.115. The molecule has 0 aromatic rings. The molecule has 2 aliphatic carbocycles. The summed E-state index contributed by atoms with van der Waals surface area (Å²) in [7, 11) is 0. The molecule has 1 fully saturated rings. The van der Waals surface area contributed by atoms with Crippen molar-refractivity contribution in [2.75, 3.05) is 0 Å². The Labute approximate surface area is 106 Å². The molecule has 0 spiro atoms. The van der Waals surface area contributed by atoms with Gasteiger partial charge in [-0.25, -0.2) is 0 Å². The lowest BCUT2D eigenvalue weighted by Crippen LogP contribution is -2.00. The van der Waals surface area contributed by atoms with Crippen LogP contribution in [0, 0.1) is 5.92 Å². The van der Waals surface area contributed by atoms with Gasteiger partial charge >= 0.3 is 0 Å². The Kier molecular flexibility index (Phi) is 4.82. The quantitative estimate of drug-likeness (QED) is 0.685. The van der Waals surface area contributed by atoms with Crippen molar-refractivity contribution in [2.24, 2.45) is 5.92 Å². The maximum Gasteiger partial charge on any atom is 0.159 e. The lowest BCUT2D eigenvalue weighted by Gasteiger charge is -2.13. The molecule has 0 saturated heterocycles. The SMILES string of the molecule is CCCCC1=C2CCCCCCCC2CC1=O. The Hall–Kier alpha value is -0.590. The molecule has 2 rings (SSSR count). The second-order valence-corrected chi connectivity index (χ2v) is 5.74. The number of carbonyl (C=O) groups is 1. The third-order valence-corrected chi connectivity index (χ3v) is 4.43. The minimum atomic E-state index is 0.485. The number of Topliss-reactive ketones (excluding diaryl/α,β-unsaturated/α-hetero) is 1. The van der Waals surface area contributed by atoms with Crippen molar-refractivity contribution >= 4 is 5.78 Å². The van der Waals surface area contributed by atoms with Crippen molar-refractivity contribution in [2.45, 2.75) is 77.6 Å². The molecule has 0 aromatic carbocycles. The number of fused-ring (bicyclic) bond motifs is 1. The average Bonchev–Trinajstić information content (AvgIpc) is 2.66. The van der Waals surface area contributed by atoms with Crippen molar-refractivity contribution in [3.8, 4) is 0 Å². The van der Waals surface area contributed by atoms with E-state index in [9.17, 15) is 4.79 Å². The number of hydrogen-bond donors (Lipinski definition) is 0. The number of hydrogen-bond acceptors (Lipinski definition) is 1. The summed E-state index contributed by atoms with van der Waals surface area (Å²) in [6.45, 7) is 2.21. The molecule has 96 valence electrons. The van der Waals surface area contributed by atoms with Crippen molar-refractivity contribution < 1.29 is 4.79 Å². The van der Waals surface area contributed by atoms with E-state index in [2.05, 4.69) is 6.92 Å². The molecule has 2 aliphatic rings. The topological polar surface area (TPSA) is 17.1 Å². The average molecular weight is 234 g/mol. The monoisotopic (exact) mass is 234 g/mol. The zero-order chi connectivity index (χ0) is 12.1. The fraction of sp³-hybridized carbons (Fsp3) is 0.812. The molecule has 0 heterocycles. The zero-order valence-corrected chi connectivity index (χ0v) is 11.3. The Morgan fingerprint density at radius 3 is 2.71 bits per heavy atom. The fourth-order valence-electron chi connectivity index (χ4n) is 3.42. The highest BCUT2D eigenvalue weighted by Gasteiger charge is 2.30. The van der Waals surface area contributed by atoms with Gasteiger partial charge in [0.15, 0.2) is 5.78 Å². The van der Waals surface area contributed by atoms with Crippen LogP contribution in [-0.4, -0.2) is 5.78 Å². The predicted molar refractivity (Wildman–Crippen MR) is 72.0 cm³/mol. The van der Waals surface area contributed by atoms with E-state index < -0.39 is 0 Å². The van der Waals surface area contributed by atoms with Crippen molar-refractivity contribution in [1.82, 2.24) is 0 Å². The van der Waals surface area contributed by atoms with E-state index in [1.807, 2.05) is 0 Å². The standard InChI is InChI=1S/C16H26O/c1-2-3-10-15-14-11-8-6-4-5-7-9-13(14)12-16(15)17/h13H,2-12H2,1H3. The summed E-state index contributed by atoms with van der Waals surface area (Å²) in [5, 5.41) is 0. The van der Waals surface area contributed by atoms with Gasteiger partial charge in [0, 0.05) is 6.42 Å². The molecule has 1 atom stereocenters. The summed E-state index contributed by atoms with van der Waals surface area (Å²) in [5.41, 5.74) is 2.82. The summed E-state index contributed by atoms with van der Waals surface area (Å²) in [4.78, 5) is 12.1. The zero-order valence-electron chi connectivity index (χ0n) is 11.3. The predicted octanol–water partition coefficient (Wildman–Crippen LogP) is 4.81. The van der Waals surface area contributed by atoms with Gasteiger partial charge in [-0.2, -0.15) is 0 Å². The first kappa shape index (κ1) is 12.9. The Bertz CT molecular complexity index is 301. The van der Waals surface area contributed by atoms with Crippen LogP contribution >= 0.6 is 0 Å². The van der Waals surface area contributed by atoms with Crippen LogP contribution in [0.25, 0.3) is 0 Å². The van der Waals surface area contributed by atoms with E-state index in [-0.39, 0.29) is 0 Å². The second-order valence-electron chi connectivity index (χ2n) is 5.74. The van der Waals surface area contributed by atoms with Crippen LogP contribution in [-0.2, 0) is 4.79 Å². The van der Waals surface area contributed by atoms with Gasteiger partial charge in [-0.05, 0) is 43.6 Å². The smallest absolute Gasteiger partial charge is 0.159 e. The molecule has 1 heteroatoms. The van der Waals surface area contributed by atoms with Gasteiger partial charge < -0.3 is 0 Å². The second kappa shape index (κ2) is 6.37. The number of rotatable bonds is 3. The molecule has 17 heavy (non-hydrogen) atoms. The van der Waals surface area contributed by atoms with Crippen LogP contribution in [0.4, 0.5) is 0 Å². The van der Waals surface area contributed by atoms with Crippen LogP contribution < -0.4 is 0 Å². The highest BCUT2D eigenvalue weighted by atomic mass is 16.1. The van der Waals surface area contributed by atoms with E-state index >= 15 is 0 Å². The van der Waals surface area contributed by atoms with Gasteiger partial charge in [0.25, 0.3) is 0 Å². The third-order valence-electron chi connectivity index (χ3n) is 4.43. The molecular formula is C16H26O. The molecule has 0 amide bonds. The number of ketones is 1. The van der Waals surface area contributed by atoms with Crippen molar-refractivity contribution in [3.63, 3.8) is 0 Å². The molecule has 0 radical (unpaired) electrons. The van der Waals surface area contributed by atoms with Crippen LogP contribution in [0.2, 0.25) is 0 Å². The van der Waals surface area contributed by atoms with Gasteiger partial charge in [0.1, 0.15) is 0 Å². The van der Waals surface area contributed by atoms with Gasteiger partial charge in [-0.1, -0.05) is 44.6 Å². The number of allylic oxidation sites excluding steroid dienone is 2. The Morgan fingerprint density at radius 2 is 1.88 bits per heavy atom. The maximum absolute atomic E-state index is 12.1. The highest BCUT2D eigenvalue weighted by Crippen LogP contribution is 2.39. The van der Waals surface area contributed by atoms with Crippen molar-refractivity contribution in [1.29, 1.82) is 0 Å². The number of carbonyl (C=O) groups excluding carboxylic acids is 1. The highest BCUT2D eigenvalue weighted by molar-refractivity contribution is 5.99. The van der Waals surface area contributed by atoms with Crippen LogP contribution in [0.15, 0.2) is 11.1 Å². The summed E-state index contributed by atoms with van der Waals surface area (Å²) in [5.74, 6) is 1.12. The summed E-state index contributed by atoms with van der Waals surface area (Å²) in [6, 6.07) is 0. The van der Waals surface area contributed by atoms with Crippen LogP contribution in [0.5, 0.6) is 0 Å². The van der Waals surface area contributed by atoms with E-state index in [1.54, 1.807) is 5.57 Å². The third kappa shape index (κ3) is 3.20. The minimum Gasteiger partial charge on any atom is -0.295 e. The van der Waals surface area contributed by atoms with Crippen LogP contribution in [0.1, 0.15) is 77.6 Å². The Morgan fingerprint density at radius 1 is 1.12 bits per heavy atom. The summed E-state index contributed by atoms with van der Waals surface area (Å²) >= 11 is 0. The van der Waals surface area contributed by atoms with Gasteiger partial charge in [-0.3, -0.25) is 4.79 Å². The molecule has 1 saturated carbocycles. The van der Waals surface area contributed by atoms with E-state index in [4.69, 9.17) is 0 Å². The van der Waals surface area contributed by atoms with E-state index in [0.29, 0.717) is 11.7 Å². The van der Waals surface area contributed by atoms with Gasteiger partial charge in [-0.15, -0.1) is 0 Å². The minimum absolute atomic E-state index is 0.485. The van der Waals surface area contributed by atoms with Gasteiger partial charge in [0.05, 0.1) is 0 Å². The molecule has 0 N–H and O–H groups in total. The maximum atomic E-state index is 12.1. The van der Waals surface area contributed by atoms with Crippen molar-refractivity contribution in [3.05, 3.63) is 11.1 Å². The normalized spacial score (nSPS) is 26.4. The van der Waals surface area contributed by atoms with E-state index in [1.165, 1.54) is 63.4 Å². The first-order chi connectivity index (χ1) is 8.33. The lowest BCUT2D eigenvalue weighted by atomic mass is 9.92. The number of unbranched alkanes of at least 4 members (excludes halogenated alkanes) is 1. The molecule has 1 nitrogen and oxygen atoms in total. The first-order valence-electron chi connectivity index (χ1n) is 7.58. The first-order valence-corrected chi connectivity index (χ1v) is 7.58. The largest absolute Gasteiger partial charge is 0.295 e. The van der Waals surface area contributed by atoms with Gasteiger partial charge in [0.2, 0.25) is 0 Å². The summed E-state index contributed by atoms with van der Waals surface area (Å²) in [6.07, 6.45) is 13.6. The van der Waals surface area contributed by atoms with E-state index in [0.717, 1.165) is 12.8 Å².